The van der Waals surface area contributed by atoms with E-state index in [4.69, 9.17) is 29.4 Å². The molecule has 0 fully saturated rings. The highest BCUT2D eigenvalue weighted by atomic mass is 16.6. The summed E-state index contributed by atoms with van der Waals surface area (Å²) in [6, 6.07) is 9.42. The Labute approximate surface area is 165 Å². The normalized spacial score (nSPS) is 10.6. The first-order chi connectivity index (χ1) is 13.7. The molecule has 1 amide bonds. The number of hydrogen-bond donors (Lipinski definition) is 2. The number of amides is 1. The SMILES string of the molecule is NCCOCCOCC(=O)NCCOCCOCC(=O)OCc1ccccc1. The smallest absolute Gasteiger partial charge is 0.332 e. The molecule has 0 radical (unpaired) electrons. The van der Waals surface area contributed by atoms with Gasteiger partial charge >= 0.3 is 5.97 Å². The Morgan fingerprint density at radius 1 is 0.821 bits per heavy atom. The van der Waals surface area contributed by atoms with E-state index < -0.39 is 5.97 Å². The zero-order chi connectivity index (χ0) is 20.3. The summed E-state index contributed by atoms with van der Waals surface area (Å²) in [5, 5.41) is 2.66. The van der Waals surface area contributed by atoms with Gasteiger partial charge in [-0.1, -0.05) is 30.3 Å². The Kier molecular flexibility index (Phi) is 14.6. The fraction of sp³-hybridized carbons (Fsp3) is 0.579. The largest absolute Gasteiger partial charge is 0.459 e. The lowest BCUT2D eigenvalue weighted by Gasteiger charge is -2.08. The minimum Gasteiger partial charge on any atom is -0.459 e. The van der Waals surface area contributed by atoms with Crippen molar-refractivity contribution in [3.05, 3.63) is 35.9 Å². The van der Waals surface area contributed by atoms with Crippen LogP contribution in [0.1, 0.15) is 5.56 Å². The Morgan fingerprint density at radius 2 is 1.46 bits per heavy atom. The van der Waals surface area contributed by atoms with E-state index in [1.807, 2.05) is 30.3 Å². The van der Waals surface area contributed by atoms with E-state index in [9.17, 15) is 9.59 Å². The van der Waals surface area contributed by atoms with Crippen LogP contribution in [0.4, 0.5) is 0 Å². The molecule has 9 nitrogen and oxygen atoms in total. The van der Waals surface area contributed by atoms with Crippen LogP contribution < -0.4 is 11.1 Å². The molecular weight excluding hydrogens is 368 g/mol. The maximum absolute atomic E-state index is 11.5. The molecule has 1 aromatic rings. The van der Waals surface area contributed by atoms with Crippen LogP contribution >= 0.6 is 0 Å². The third kappa shape index (κ3) is 14.1. The molecule has 0 atom stereocenters. The second-order valence-electron chi connectivity index (χ2n) is 5.61. The molecular formula is C19H30N2O7. The van der Waals surface area contributed by atoms with Crippen molar-refractivity contribution in [2.45, 2.75) is 6.61 Å². The zero-order valence-corrected chi connectivity index (χ0v) is 16.1. The standard InChI is InChI=1S/C19H30N2O7/c20-6-8-24-10-12-26-15-18(22)21-7-9-25-11-13-27-16-19(23)28-14-17-4-2-1-3-5-17/h1-5H,6-16,20H2,(H,21,22). The average molecular weight is 398 g/mol. The van der Waals surface area contributed by atoms with Crippen molar-refractivity contribution in [3.63, 3.8) is 0 Å². The molecule has 158 valence electrons. The molecule has 1 aromatic carbocycles. The van der Waals surface area contributed by atoms with Gasteiger partial charge in [0.25, 0.3) is 0 Å². The molecule has 9 heteroatoms. The molecule has 28 heavy (non-hydrogen) atoms. The van der Waals surface area contributed by atoms with Gasteiger partial charge < -0.3 is 34.7 Å². The second kappa shape index (κ2) is 17.1. The highest BCUT2D eigenvalue weighted by Crippen LogP contribution is 2.00. The topological polar surface area (TPSA) is 118 Å². The molecule has 0 aliphatic carbocycles. The number of benzene rings is 1. The van der Waals surface area contributed by atoms with Gasteiger partial charge in [-0.15, -0.1) is 0 Å². The Balaban J connectivity index is 1.84. The molecule has 0 bridgehead atoms. The number of hydrogen-bond acceptors (Lipinski definition) is 8. The Hall–Kier alpha value is -2.04. The van der Waals surface area contributed by atoms with Crippen LogP contribution in [0.2, 0.25) is 0 Å². The van der Waals surface area contributed by atoms with Gasteiger partial charge in [-0.3, -0.25) is 4.79 Å². The average Bonchev–Trinajstić information content (AvgIpc) is 2.71. The van der Waals surface area contributed by atoms with Crippen molar-refractivity contribution in [3.8, 4) is 0 Å². The number of rotatable bonds is 17. The molecule has 0 heterocycles. The van der Waals surface area contributed by atoms with Gasteiger partial charge in [-0.05, 0) is 5.56 Å². The number of esters is 1. The summed E-state index contributed by atoms with van der Waals surface area (Å²) in [5.74, 6) is -0.649. The number of ether oxygens (including phenoxy) is 5. The van der Waals surface area contributed by atoms with Crippen LogP contribution in [0.15, 0.2) is 30.3 Å². The Morgan fingerprint density at radius 3 is 2.18 bits per heavy atom. The third-order valence-electron chi connectivity index (χ3n) is 3.27. The summed E-state index contributed by atoms with van der Waals surface area (Å²) < 4.78 is 25.8. The predicted molar refractivity (Wildman–Crippen MR) is 102 cm³/mol. The summed E-state index contributed by atoms with van der Waals surface area (Å²) in [6.07, 6.45) is 0. The first-order valence-electron chi connectivity index (χ1n) is 9.19. The summed E-state index contributed by atoms with van der Waals surface area (Å²) in [5.41, 5.74) is 6.20. The number of carbonyl (C=O) groups excluding carboxylic acids is 2. The van der Waals surface area contributed by atoms with Crippen molar-refractivity contribution < 1.29 is 33.3 Å². The molecule has 0 aliphatic rings. The van der Waals surface area contributed by atoms with Gasteiger partial charge in [-0.2, -0.15) is 0 Å². The van der Waals surface area contributed by atoms with E-state index in [1.54, 1.807) is 0 Å². The summed E-state index contributed by atoms with van der Waals surface area (Å²) in [6.45, 7) is 3.05. The van der Waals surface area contributed by atoms with Crippen LogP contribution in [-0.4, -0.2) is 77.8 Å². The maximum Gasteiger partial charge on any atom is 0.332 e. The van der Waals surface area contributed by atoms with Gasteiger partial charge in [0.1, 0.15) is 19.8 Å². The van der Waals surface area contributed by atoms with E-state index in [2.05, 4.69) is 5.32 Å². The highest BCUT2D eigenvalue weighted by Gasteiger charge is 2.04. The fourth-order valence-electron chi connectivity index (χ4n) is 1.94. The maximum atomic E-state index is 11.5. The van der Waals surface area contributed by atoms with Crippen molar-refractivity contribution in [1.82, 2.24) is 5.32 Å². The quantitative estimate of drug-likeness (QED) is 0.275. The predicted octanol–water partition coefficient (Wildman–Crippen LogP) is -0.129. The van der Waals surface area contributed by atoms with Crippen LogP contribution in [-0.2, 0) is 39.9 Å². The van der Waals surface area contributed by atoms with E-state index in [0.29, 0.717) is 46.1 Å². The highest BCUT2D eigenvalue weighted by molar-refractivity contribution is 5.77. The van der Waals surface area contributed by atoms with Crippen LogP contribution in [0.25, 0.3) is 0 Å². The van der Waals surface area contributed by atoms with Crippen molar-refractivity contribution in [1.29, 1.82) is 0 Å². The lowest BCUT2D eigenvalue weighted by atomic mass is 10.2. The van der Waals surface area contributed by atoms with Gasteiger partial charge in [-0.25, -0.2) is 4.79 Å². The van der Waals surface area contributed by atoms with Gasteiger partial charge in [0.05, 0.1) is 39.6 Å². The molecule has 1 rings (SSSR count). The van der Waals surface area contributed by atoms with Gasteiger partial charge in [0.2, 0.25) is 5.91 Å². The molecule has 3 N–H and O–H groups in total. The van der Waals surface area contributed by atoms with Crippen LogP contribution in [0, 0.1) is 0 Å². The molecule has 0 aromatic heterocycles. The molecule has 0 saturated heterocycles. The first kappa shape index (κ1) is 24.0. The summed E-state index contributed by atoms with van der Waals surface area (Å²) in [4.78, 5) is 23.0. The fourth-order valence-corrected chi connectivity index (χ4v) is 1.94. The van der Waals surface area contributed by atoms with Crippen LogP contribution in [0.5, 0.6) is 0 Å². The molecule has 0 saturated carbocycles. The van der Waals surface area contributed by atoms with E-state index in [1.165, 1.54) is 0 Å². The molecule has 0 aliphatic heterocycles. The summed E-state index contributed by atoms with van der Waals surface area (Å²) in [7, 11) is 0. The first-order valence-corrected chi connectivity index (χ1v) is 9.19. The number of nitrogens with two attached hydrogens (primary N) is 1. The van der Waals surface area contributed by atoms with E-state index in [0.717, 1.165) is 5.56 Å². The van der Waals surface area contributed by atoms with E-state index >= 15 is 0 Å². The lowest BCUT2D eigenvalue weighted by Crippen LogP contribution is -2.31. The monoisotopic (exact) mass is 398 g/mol. The third-order valence-corrected chi connectivity index (χ3v) is 3.27. The van der Waals surface area contributed by atoms with E-state index in [-0.39, 0.29) is 32.3 Å². The van der Waals surface area contributed by atoms with Gasteiger partial charge in [0, 0.05) is 13.1 Å². The van der Waals surface area contributed by atoms with Crippen molar-refractivity contribution in [2.75, 3.05) is 65.9 Å². The minimum absolute atomic E-state index is 0.0276. The zero-order valence-electron chi connectivity index (χ0n) is 16.1. The minimum atomic E-state index is -0.426. The second-order valence-corrected chi connectivity index (χ2v) is 5.61. The van der Waals surface area contributed by atoms with Crippen molar-refractivity contribution in [2.24, 2.45) is 5.73 Å². The van der Waals surface area contributed by atoms with Gasteiger partial charge in [0.15, 0.2) is 0 Å². The van der Waals surface area contributed by atoms with Crippen molar-refractivity contribution >= 4 is 11.9 Å². The number of carbonyl (C=O) groups is 2. The van der Waals surface area contributed by atoms with Crippen LogP contribution in [0.3, 0.4) is 0 Å². The molecule has 0 unspecified atom stereocenters. The summed E-state index contributed by atoms with van der Waals surface area (Å²) >= 11 is 0. The lowest BCUT2D eigenvalue weighted by molar-refractivity contribution is -0.150. The Bertz CT molecular complexity index is 528. The molecule has 0 spiro atoms. The number of nitrogens with one attached hydrogen (secondary N) is 1.